The number of rotatable bonds is 14. The number of carbonyl (C=O) groups excluding carboxylic acids is 4. The van der Waals surface area contributed by atoms with Crippen molar-refractivity contribution in [3.05, 3.63) is 39.8 Å². The third-order valence-corrected chi connectivity index (χ3v) is 7.12. The number of nitrogens with zero attached hydrogens (tertiary/aromatic N) is 4. The number of hydrogen-bond donors (Lipinski definition) is 1. The molecule has 1 atom stereocenters. The van der Waals surface area contributed by atoms with Crippen LogP contribution in [0.3, 0.4) is 0 Å². The van der Waals surface area contributed by atoms with Gasteiger partial charge in [0, 0.05) is 17.9 Å². The molecule has 3 rings (SSSR count). The third-order valence-electron chi connectivity index (χ3n) is 5.40. The number of ether oxygens (including phenoxy) is 3. The number of azide groups is 1. The summed E-state index contributed by atoms with van der Waals surface area (Å²) < 4.78 is 41.7. The summed E-state index contributed by atoms with van der Waals surface area (Å²) in [4.78, 5) is 52.6. The number of fused-ring (bicyclic) bond motifs is 1. The van der Waals surface area contributed by atoms with Crippen LogP contribution in [-0.2, 0) is 33.6 Å². The summed E-state index contributed by atoms with van der Waals surface area (Å²) in [6.07, 6.45) is -0.0730. The first-order valence-corrected chi connectivity index (χ1v) is 12.7. The maximum Gasteiger partial charge on any atom is 0.263 e. The molecule has 194 valence electrons. The highest BCUT2D eigenvalue weighted by Crippen LogP contribution is 2.32. The van der Waals surface area contributed by atoms with Gasteiger partial charge in [-0.2, -0.15) is 0 Å². The lowest BCUT2D eigenvalue weighted by Crippen LogP contribution is -2.54. The normalized spacial score (nSPS) is 17.7. The van der Waals surface area contributed by atoms with Crippen molar-refractivity contribution < 1.29 is 41.8 Å². The molecule has 0 aliphatic carbocycles. The molecule has 0 bridgehead atoms. The second-order valence-electron chi connectivity index (χ2n) is 7.74. The summed E-state index contributed by atoms with van der Waals surface area (Å²) in [5.41, 5.74) is 7.75. The van der Waals surface area contributed by atoms with Gasteiger partial charge >= 0.3 is 0 Å². The van der Waals surface area contributed by atoms with Crippen LogP contribution in [0.1, 0.15) is 33.6 Å². The summed E-state index contributed by atoms with van der Waals surface area (Å²) >= 11 is 0. The molecule has 1 unspecified atom stereocenters. The Hall–Kier alpha value is -3.36. The van der Waals surface area contributed by atoms with Gasteiger partial charge in [-0.15, -0.1) is 0 Å². The Morgan fingerprint density at radius 2 is 1.67 bits per heavy atom. The van der Waals surface area contributed by atoms with Gasteiger partial charge in [-0.1, -0.05) is 11.2 Å². The average molecular weight is 524 g/mol. The second kappa shape index (κ2) is 12.6. The zero-order chi connectivity index (χ0) is 26.1. The van der Waals surface area contributed by atoms with Crippen LogP contribution in [0, 0.1) is 0 Å². The minimum atomic E-state index is -4.01. The van der Waals surface area contributed by atoms with Gasteiger partial charge in [0.05, 0.1) is 61.4 Å². The van der Waals surface area contributed by atoms with Crippen LogP contribution >= 0.6 is 0 Å². The molecule has 0 saturated carbocycles. The quantitative estimate of drug-likeness (QED) is 0.117. The molecule has 1 saturated heterocycles. The molecule has 14 nitrogen and oxygen atoms in total. The number of nitrogens with one attached hydrogen (secondary N) is 1. The fourth-order valence-electron chi connectivity index (χ4n) is 3.71. The second-order valence-corrected chi connectivity index (χ2v) is 9.81. The molecule has 2 aliphatic heterocycles. The van der Waals surface area contributed by atoms with Crippen molar-refractivity contribution >= 4 is 33.5 Å². The molecular formula is C21H25N5O9S. The largest absolute Gasteiger partial charge is 0.379 e. The summed E-state index contributed by atoms with van der Waals surface area (Å²) in [7, 11) is -4.01. The Morgan fingerprint density at radius 3 is 2.33 bits per heavy atom. The van der Waals surface area contributed by atoms with E-state index in [1.807, 2.05) is 0 Å². The van der Waals surface area contributed by atoms with E-state index in [0.29, 0.717) is 6.61 Å². The molecule has 0 aromatic heterocycles. The van der Waals surface area contributed by atoms with E-state index in [2.05, 4.69) is 15.3 Å². The van der Waals surface area contributed by atoms with E-state index in [1.54, 1.807) is 0 Å². The van der Waals surface area contributed by atoms with Gasteiger partial charge < -0.3 is 14.2 Å². The van der Waals surface area contributed by atoms with E-state index in [1.165, 1.54) is 18.2 Å². The minimum Gasteiger partial charge on any atom is -0.379 e. The predicted octanol–water partition coefficient (Wildman–Crippen LogP) is 0.222. The molecule has 1 fully saturated rings. The molecule has 15 heteroatoms. The van der Waals surface area contributed by atoms with E-state index < -0.39 is 45.3 Å². The molecule has 2 heterocycles. The number of sulfone groups is 1. The van der Waals surface area contributed by atoms with Gasteiger partial charge in [0.2, 0.25) is 11.8 Å². The number of benzene rings is 1. The standard InChI is InChI=1S/C21H25N5O9S/c22-25-23-6-7-33-8-9-34-10-11-35-12-13-36(31,32)16-3-1-2-14-18(16)21(30)26(20(14)29)15-4-5-17(27)24-19(15)28/h1-3,15H,4-13H2,(H,24,27,28). The number of hydrogen-bond acceptors (Lipinski definition) is 10. The molecule has 36 heavy (non-hydrogen) atoms. The monoisotopic (exact) mass is 523 g/mol. The summed E-state index contributed by atoms with van der Waals surface area (Å²) in [6.45, 7) is 1.26. The van der Waals surface area contributed by atoms with Crippen LogP contribution in [0.2, 0.25) is 0 Å². The van der Waals surface area contributed by atoms with Gasteiger partial charge in [-0.3, -0.25) is 29.4 Å². The molecule has 1 aromatic rings. The van der Waals surface area contributed by atoms with Crippen LogP contribution in [-0.4, -0.2) is 94.9 Å². The van der Waals surface area contributed by atoms with Crippen molar-refractivity contribution in [1.82, 2.24) is 10.2 Å². The van der Waals surface area contributed by atoms with E-state index in [4.69, 9.17) is 19.7 Å². The van der Waals surface area contributed by atoms with Crippen molar-refractivity contribution in [2.75, 3.05) is 51.9 Å². The summed E-state index contributed by atoms with van der Waals surface area (Å²) in [5.74, 6) is -3.39. The Balaban J connectivity index is 1.52. The van der Waals surface area contributed by atoms with Gasteiger partial charge in [-0.25, -0.2) is 8.42 Å². The maximum atomic E-state index is 13.1. The first-order chi connectivity index (χ1) is 17.3. The van der Waals surface area contributed by atoms with E-state index in [9.17, 15) is 27.6 Å². The Bertz CT molecular complexity index is 1180. The lowest BCUT2D eigenvalue weighted by molar-refractivity contribution is -0.136. The highest BCUT2D eigenvalue weighted by molar-refractivity contribution is 7.91. The predicted molar refractivity (Wildman–Crippen MR) is 122 cm³/mol. The lowest BCUT2D eigenvalue weighted by Gasteiger charge is -2.27. The highest BCUT2D eigenvalue weighted by Gasteiger charge is 2.46. The van der Waals surface area contributed by atoms with Gasteiger partial charge in [0.25, 0.3) is 11.8 Å². The van der Waals surface area contributed by atoms with Crippen LogP contribution in [0.4, 0.5) is 0 Å². The van der Waals surface area contributed by atoms with Crippen molar-refractivity contribution in [2.24, 2.45) is 5.11 Å². The number of amides is 4. The number of piperidine rings is 1. The number of carbonyl (C=O) groups is 4. The van der Waals surface area contributed by atoms with Gasteiger partial charge in [0.1, 0.15) is 6.04 Å². The number of imide groups is 2. The van der Waals surface area contributed by atoms with Crippen molar-refractivity contribution in [3.8, 4) is 0 Å². The van der Waals surface area contributed by atoms with E-state index in [-0.39, 0.29) is 68.4 Å². The zero-order valence-electron chi connectivity index (χ0n) is 19.3. The van der Waals surface area contributed by atoms with Crippen LogP contribution in [0.15, 0.2) is 28.2 Å². The lowest BCUT2D eigenvalue weighted by atomic mass is 10.0. The molecule has 2 aliphatic rings. The molecule has 0 spiro atoms. The fraction of sp³-hybridized carbons (Fsp3) is 0.524. The van der Waals surface area contributed by atoms with Crippen LogP contribution in [0.25, 0.3) is 10.4 Å². The topological polar surface area (TPSA) is 194 Å². The Labute approximate surface area is 206 Å². The molecule has 1 aromatic carbocycles. The Morgan fingerprint density at radius 1 is 1.00 bits per heavy atom. The average Bonchev–Trinajstić information content (AvgIpc) is 3.10. The van der Waals surface area contributed by atoms with Crippen molar-refractivity contribution in [1.29, 1.82) is 0 Å². The summed E-state index contributed by atoms with van der Waals surface area (Å²) in [5, 5.41) is 5.41. The maximum absolute atomic E-state index is 13.1. The SMILES string of the molecule is [N-]=[N+]=NCCOCCOCCOCCS(=O)(=O)c1cccc2c1C(=O)N(C1CCC(=O)NC1=O)C2=O. The third kappa shape index (κ3) is 6.44. The van der Waals surface area contributed by atoms with Crippen molar-refractivity contribution in [2.45, 2.75) is 23.8 Å². The first kappa shape index (κ1) is 27.2. The molecule has 0 radical (unpaired) electrons. The smallest absolute Gasteiger partial charge is 0.263 e. The highest BCUT2D eigenvalue weighted by atomic mass is 32.2. The fourth-order valence-corrected chi connectivity index (χ4v) is 5.07. The molecule has 1 N–H and O–H groups in total. The van der Waals surface area contributed by atoms with Crippen LogP contribution in [0.5, 0.6) is 0 Å². The van der Waals surface area contributed by atoms with Gasteiger partial charge in [-0.05, 0) is 24.1 Å². The minimum absolute atomic E-state index is 0.0317. The van der Waals surface area contributed by atoms with Crippen molar-refractivity contribution in [3.63, 3.8) is 0 Å². The first-order valence-electron chi connectivity index (χ1n) is 11.1. The zero-order valence-corrected chi connectivity index (χ0v) is 20.1. The van der Waals surface area contributed by atoms with Gasteiger partial charge in [0.15, 0.2) is 9.84 Å². The van der Waals surface area contributed by atoms with Crippen LogP contribution < -0.4 is 5.32 Å². The molecule has 4 amide bonds. The van der Waals surface area contributed by atoms with E-state index in [0.717, 1.165) is 4.90 Å². The van der Waals surface area contributed by atoms with E-state index >= 15 is 0 Å². The molecular weight excluding hydrogens is 498 g/mol. The Kier molecular flexibility index (Phi) is 9.50. The summed E-state index contributed by atoms with van der Waals surface area (Å²) in [6, 6.07) is 2.73.